The quantitative estimate of drug-likeness (QED) is 0.383. The molecule has 0 aromatic rings. The molecule has 0 spiro atoms. The number of ether oxygens (including phenoxy) is 1. The molecule has 0 aromatic heterocycles. The molecule has 0 aromatic carbocycles. The third-order valence-electron chi connectivity index (χ3n) is 6.09. The molecule has 9 heteroatoms. The van der Waals surface area contributed by atoms with Crippen LogP contribution in [0.3, 0.4) is 0 Å². The molecule has 0 aliphatic carbocycles. The van der Waals surface area contributed by atoms with E-state index in [2.05, 4.69) is 10.6 Å². The molecule has 8 atom stereocenters. The Morgan fingerprint density at radius 3 is 2.55 bits per heavy atom. The summed E-state index contributed by atoms with van der Waals surface area (Å²) in [5, 5.41) is 37.1. The van der Waals surface area contributed by atoms with Crippen molar-refractivity contribution in [2.45, 2.75) is 87.9 Å². The van der Waals surface area contributed by atoms with Crippen molar-refractivity contribution in [1.82, 2.24) is 10.6 Å². The second-order valence-corrected chi connectivity index (χ2v) is 9.46. The van der Waals surface area contributed by atoms with E-state index in [0.29, 0.717) is 25.3 Å². The Labute approximate surface area is 177 Å². The van der Waals surface area contributed by atoms with Gasteiger partial charge in [-0.05, 0) is 56.7 Å². The molecule has 0 radical (unpaired) electrons. The van der Waals surface area contributed by atoms with Crippen molar-refractivity contribution >= 4 is 17.7 Å². The first-order valence-electron chi connectivity index (χ1n) is 10.6. The molecule has 2 aliphatic rings. The summed E-state index contributed by atoms with van der Waals surface area (Å²) < 4.78 is 18.3. The lowest BCUT2D eigenvalue weighted by atomic mass is 9.88. The standard InChI is InChI=1S/C20H37FN2O5S/c1-11(2)14(18-16(25)15(24)17(26)20(28-18)29-3)23-19(27)13-7-6-12(5-4-9-21)8-10-22-13/h11-18,20,22,24-26H,4-10H2,1-3H3,(H,23,27)/t12-,13?,14+,15-,16+,17+,18+,20+/m0/s1. The summed E-state index contributed by atoms with van der Waals surface area (Å²) in [4.78, 5) is 12.9. The molecular weight excluding hydrogens is 399 g/mol. The third kappa shape index (κ3) is 6.51. The fourth-order valence-corrected chi connectivity index (χ4v) is 4.93. The second kappa shape index (κ2) is 11.8. The summed E-state index contributed by atoms with van der Waals surface area (Å²) in [6.45, 7) is 4.24. The van der Waals surface area contributed by atoms with Crippen molar-refractivity contribution in [3.05, 3.63) is 0 Å². The Kier molecular flexibility index (Phi) is 10.1. The fraction of sp³-hybridized carbons (Fsp3) is 0.950. The van der Waals surface area contributed by atoms with Gasteiger partial charge in [-0.1, -0.05) is 13.8 Å². The van der Waals surface area contributed by atoms with E-state index in [1.165, 1.54) is 11.8 Å². The minimum atomic E-state index is -1.34. The lowest BCUT2D eigenvalue weighted by Crippen LogP contribution is -2.64. The van der Waals surface area contributed by atoms with Gasteiger partial charge in [0.15, 0.2) is 0 Å². The van der Waals surface area contributed by atoms with Crippen molar-refractivity contribution in [3.63, 3.8) is 0 Å². The van der Waals surface area contributed by atoms with Crippen LogP contribution in [0.4, 0.5) is 4.39 Å². The zero-order valence-electron chi connectivity index (χ0n) is 17.6. The van der Waals surface area contributed by atoms with Crippen LogP contribution in [0, 0.1) is 11.8 Å². The average molecular weight is 437 g/mol. The number of carbonyl (C=O) groups is 1. The number of nitrogens with one attached hydrogen (secondary N) is 2. The van der Waals surface area contributed by atoms with Crippen LogP contribution >= 0.6 is 11.8 Å². The molecule has 1 amide bonds. The van der Waals surface area contributed by atoms with Gasteiger partial charge in [-0.25, -0.2) is 0 Å². The van der Waals surface area contributed by atoms with E-state index in [0.717, 1.165) is 19.3 Å². The Hall–Kier alpha value is -0.450. The highest BCUT2D eigenvalue weighted by Gasteiger charge is 2.47. The summed E-state index contributed by atoms with van der Waals surface area (Å²) in [6.07, 6.45) is 1.01. The number of aliphatic hydroxyl groups excluding tert-OH is 3. The Bertz CT molecular complexity index is 513. The van der Waals surface area contributed by atoms with Crippen LogP contribution in [0.25, 0.3) is 0 Å². The van der Waals surface area contributed by atoms with Crippen LogP contribution in [0.2, 0.25) is 0 Å². The van der Waals surface area contributed by atoms with E-state index < -0.39 is 35.9 Å². The normalized spacial score (nSPS) is 37.2. The van der Waals surface area contributed by atoms with Gasteiger partial charge in [0.05, 0.1) is 18.8 Å². The Morgan fingerprint density at radius 2 is 1.93 bits per heavy atom. The minimum absolute atomic E-state index is 0.0494. The maximum Gasteiger partial charge on any atom is 0.237 e. The molecule has 5 N–H and O–H groups in total. The van der Waals surface area contributed by atoms with Gasteiger partial charge in [0, 0.05) is 0 Å². The highest BCUT2D eigenvalue weighted by atomic mass is 32.2. The fourth-order valence-electron chi connectivity index (χ4n) is 4.25. The van der Waals surface area contributed by atoms with E-state index in [-0.39, 0.29) is 24.5 Å². The molecule has 0 saturated carbocycles. The largest absolute Gasteiger partial charge is 0.388 e. The number of halogens is 1. The Morgan fingerprint density at radius 1 is 1.21 bits per heavy atom. The number of rotatable bonds is 8. The van der Waals surface area contributed by atoms with Crippen LogP contribution in [0.15, 0.2) is 0 Å². The van der Waals surface area contributed by atoms with Crippen molar-refractivity contribution in [2.24, 2.45) is 11.8 Å². The summed E-state index contributed by atoms with van der Waals surface area (Å²) in [6, 6.07) is -0.860. The van der Waals surface area contributed by atoms with Gasteiger partial charge in [0.2, 0.25) is 5.91 Å². The number of aliphatic hydroxyl groups is 3. The average Bonchev–Trinajstić information content (AvgIpc) is 2.95. The van der Waals surface area contributed by atoms with E-state index >= 15 is 0 Å². The highest BCUT2D eigenvalue weighted by molar-refractivity contribution is 7.99. The van der Waals surface area contributed by atoms with E-state index in [9.17, 15) is 24.5 Å². The smallest absolute Gasteiger partial charge is 0.237 e. The van der Waals surface area contributed by atoms with E-state index in [1.807, 2.05) is 13.8 Å². The summed E-state index contributed by atoms with van der Waals surface area (Å²) in [7, 11) is 0. The third-order valence-corrected chi connectivity index (χ3v) is 6.94. The van der Waals surface area contributed by atoms with Gasteiger partial charge in [-0.2, -0.15) is 0 Å². The van der Waals surface area contributed by atoms with Gasteiger partial charge < -0.3 is 30.7 Å². The summed E-state index contributed by atoms with van der Waals surface area (Å²) in [5.74, 6) is 0.220. The van der Waals surface area contributed by atoms with E-state index in [4.69, 9.17) is 4.74 Å². The highest BCUT2D eigenvalue weighted by Crippen LogP contribution is 2.30. The zero-order chi connectivity index (χ0) is 21.6. The van der Waals surface area contributed by atoms with Crippen molar-refractivity contribution in [2.75, 3.05) is 19.5 Å². The number of hydrogen-bond donors (Lipinski definition) is 5. The van der Waals surface area contributed by atoms with Crippen LogP contribution in [-0.4, -0.2) is 82.6 Å². The number of amides is 1. The maximum absolute atomic E-state index is 12.9. The summed E-state index contributed by atoms with van der Waals surface area (Å²) >= 11 is 1.25. The summed E-state index contributed by atoms with van der Waals surface area (Å²) in [5.41, 5.74) is -0.677. The monoisotopic (exact) mass is 436 g/mol. The van der Waals surface area contributed by atoms with Gasteiger partial charge in [-0.3, -0.25) is 9.18 Å². The van der Waals surface area contributed by atoms with E-state index in [1.54, 1.807) is 6.26 Å². The van der Waals surface area contributed by atoms with Gasteiger partial charge in [-0.15, -0.1) is 11.8 Å². The first kappa shape index (κ1) is 24.8. The minimum Gasteiger partial charge on any atom is -0.388 e. The number of thioether (sulfide) groups is 1. The van der Waals surface area contributed by atoms with Gasteiger partial charge in [0.25, 0.3) is 0 Å². The lowest BCUT2D eigenvalue weighted by molar-refractivity contribution is -0.208. The molecule has 2 rings (SSSR count). The molecule has 170 valence electrons. The zero-order valence-corrected chi connectivity index (χ0v) is 18.4. The maximum atomic E-state index is 12.9. The first-order valence-corrected chi connectivity index (χ1v) is 11.9. The topological polar surface area (TPSA) is 111 Å². The number of hydrogen-bond acceptors (Lipinski definition) is 7. The molecular formula is C20H37FN2O5S. The molecule has 0 bridgehead atoms. The van der Waals surface area contributed by atoms with Gasteiger partial charge in [0.1, 0.15) is 29.9 Å². The van der Waals surface area contributed by atoms with Crippen molar-refractivity contribution in [1.29, 1.82) is 0 Å². The van der Waals surface area contributed by atoms with Crippen LogP contribution in [-0.2, 0) is 9.53 Å². The molecule has 2 aliphatic heterocycles. The van der Waals surface area contributed by atoms with Crippen LogP contribution in [0.5, 0.6) is 0 Å². The van der Waals surface area contributed by atoms with Crippen molar-refractivity contribution < 1.29 is 29.2 Å². The van der Waals surface area contributed by atoms with Crippen LogP contribution in [0.1, 0.15) is 46.0 Å². The number of alkyl halides is 1. The predicted molar refractivity (Wildman–Crippen MR) is 111 cm³/mol. The molecule has 29 heavy (non-hydrogen) atoms. The van der Waals surface area contributed by atoms with Crippen molar-refractivity contribution in [3.8, 4) is 0 Å². The van der Waals surface area contributed by atoms with Crippen LogP contribution < -0.4 is 10.6 Å². The SMILES string of the molecule is CS[C@H]1O[C@H]([C@H](NC(=O)C2CC[C@H](CCCF)CCN2)C(C)C)[C@H](O)[C@H](O)[C@H]1O. The molecule has 2 fully saturated rings. The van der Waals surface area contributed by atoms with Gasteiger partial charge >= 0.3 is 0 Å². The molecule has 7 nitrogen and oxygen atoms in total. The molecule has 1 unspecified atom stereocenters. The predicted octanol–water partition coefficient (Wildman–Crippen LogP) is 0.806. The second-order valence-electron chi connectivity index (χ2n) is 8.52. The lowest BCUT2D eigenvalue weighted by Gasteiger charge is -2.44. The number of carbonyl (C=O) groups excluding carboxylic acids is 1. The molecule has 2 saturated heterocycles. The first-order chi connectivity index (χ1) is 13.8. The Balaban J connectivity index is 2.01. The molecule has 2 heterocycles.